The van der Waals surface area contributed by atoms with Gasteiger partial charge in [-0.1, -0.05) is 19.1 Å². The number of hydrogen-bond acceptors (Lipinski definition) is 7. The molecule has 0 aliphatic carbocycles. The Morgan fingerprint density at radius 2 is 1.87 bits per heavy atom. The first-order valence-corrected chi connectivity index (χ1v) is 11.2. The predicted octanol–water partition coefficient (Wildman–Crippen LogP) is 3.07. The summed E-state index contributed by atoms with van der Waals surface area (Å²) in [6, 6.07) is 9.91. The van der Waals surface area contributed by atoms with Crippen LogP contribution in [0, 0.1) is 6.92 Å². The van der Waals surface area contributed by atoms with Gasteiger partial charge in [-0.2, -0.15) is 0 Å². The van der Waals surface area contributed by atoms with Crippen LogP contribution < -0.4 is 10.7 Å². The Morgan fingerprint density at radius 1 is 1.13 bits per heavy atom. The molecule has 1 aliphatic rings. The predicted molar refractivity (Wildman–Crippen MR) is 122 cm³/mol. The van der Waals surface area contributed by atoms with E-state index in [1.54, 1.807) is 11.3 Å². The van der Waals surface area contributed by atoms with Crippen LogP contribution in [-0.4, -0.2) is 59.0 Å². The summed E-state index contributed by atoms with van der Waals surface area (Å²) in [6.07, 6.45) is 0.997. The SMILES string of the molecule is CCc1cc2c(NCc3ccc(C(=O)NN4CCN(C)CC4)cc3)nc(C)nc2s1. The number of carbonyl (C=O) groups excluding carboxylic acids is 1. The number of carbonyl (C=O) groups is 1. The van der Waals surface area contributed by atoms with E-state index in [4.69, 9.17) is 0 Å². The van der Waals surface area contributed by atoms with Crippen molar-refractivity contribution < 1.29 is 4.79 Å². The summed E-state index contributed by atoms with van der Waals surface area (Å²) in [7, 11) is 2.10. The third-order valence-corrected chi connectivity index (χ3v) is 6.52. The summed E-state index contributed by atoms with van der Waals surface area (Å²) in [5, 5.41) is 6.51. The summed E-state index contributed by atoms with van der Waals surface area (Å²) in [5.74, 6) is 1.58. The Balaban J connectivity index is 1.39. The van der Waals surface area contributed by atoms with Gasteiger partial charge in [-0.05, 0) is 44.2 Å². The van der Waals surface area contributed by atoms with Crippen molar-refractivity contribution in [2.45, 2.75) is 26.8 Å². The van der Waals surface area contributed by atoms with E-state index in [2.05, 4.69) is 45.6 Å². The minimum Gasteiger partial charge on any atom is -0.365 e. The molecule has 1 saturated heterocycles. The lowest BCUT2D eigenvalue weighted by atomic mass is 10.1. The van der Waals surface area contributed by atoms with Crippen LogP contribution in [-0.2, 0) is 13.0 Å². The Bertz CT molecular complexity index is 1020. The van der Waals surface area contributed by atoms with Crippen molar-refractivity contribution in [1.82, 2.24) is 25.3 Å². The van der Waals surface area contributed by atoms with Crippen LogP contribution in [0.1, 0.15) is 33.5 Å². The average molecular weight is 425 g/mol. The maximum Gasteiger partial charge on any atom is 0.265 e. The monoisotopic (exact) mass is 424 g/mol. The van der Waals surface area contributed by atoms with E-state index in [0.29, 0.717) is 12.1 Å². The number of fused-ring (bicyclic) bond motifs is 1. The lowest BCUT2D eigenvalue weighted by Crippen LogP contribution is -2.52. The van der Waals surface area contributed by atoms with Gasteiger partial charge >= 0.3 is 0 Å². The van der Waals surface area contributed by atoms with Gasteiger partial charge in [0.05, 0.1) is 5.39 Å². The maximum absolute atomic E-state index is 12.5. The molecule has 0 atom stereocenters. The van der Waals surface area contributed by atoms with Gasteiger partial charge in [-0.3, -0.25) is 10.2 Å². The van der Waals surface area contributed by atoms with Crippen LogP contribution >= 0.6 is 11.3 Å². The fourth-order valence-electron chi connectivity index (χ4n) is 3.47. The highest BCUT2D eigenvalue weighted by molar-refractivity contribution is 7.18. The van der Waals surface area contributed by atoms with Crippen molar-refractivity contribution in [3.05, 3.63) is 52.2 Å². The van der Waals surface area contributed by atoms with Crippen LogP contribution in [0.15, 0.2) is 30.3 Å². The number of nitrogens with one attached hydrogen (secondary N) is 2. The quantitative estimate of drug-likeness (QED) is 0.634. The van der Waals surface area contributed by atoms with E-state index < -0.39 is 0 Å². The number of benzene rings is 1. The van der Waals surface area contributed by atoms with Crippen molar-refractivity contribution >= 4 is 33.3 Å². The zero-order valence-corrected chi connectivity index (χ0v) is 18.6. The van der Waals surface area contributed by atoms with Gasteiger partial charge in [0.25, 0.3) is 5.91 Å². The maximum atomic E-state index is 12.5. The molecule has 1 amide bonds. The van der Waals surface area contributed by atoms with E-state index in [1.165, 1.54) is 4.88 Å². The minimum atomic E-state index is -0.0578. The summed E-state index contributed by atoms with van der Waals surface area (Å²) in [4.78, 5) is 26.2. The molecular formula is C22H28N6OS. The largest absolute Gasteiger partial charge is 0.365 e. The Hall–Kier alpha value is -2.55. The van der Waals surface area contributed by atoms with Crippen LogP contribution in [0.2, 0.25) is 0 Å². The van der Waals surface area contributed by atoms with Crippen LogP contribution in [0.25, 0.3) is 10.2 Å². The zero-order valence-electron chi connectivity index (χ0n) is 17.7. The minimum absolute atomic E-state index is 0.0578. The van der Waals surface area contributed by atoms with E-state index in [9.17, 15) is 4.79 Å². The highest BCUT2D eigenvalue weighted by Crippen LogP contribution is 2.29. The van der Waals surface area contributed by atoms with E-state index >= 15 is 0 Å². The first kappa shape index (κ1) is 20.7. The molecule has 7 nitrogen and oxygen atoms in total. The number of hydrazine groups is 1. The molecule has 0 saturated carbocycles. The van der Waals surface area contributed by atoms with Gasteiger partial charge in [-0.25, -0.2) is 15.0 Å². The fraction of sp³-hybridized carbons (Fsp3) is 0.409. The third kappa shape index (κ3) is 4.77. The molecule has 2 aromatic heterocycles. The van der Waals surface area contributed by atoms with E-state index in [1.807, 2.05) is 36.2 Å². The van der Waals surface area contributed by atoms with Crippen molar-refractivity contribution in [2.24, 2.45) is 0 Å². The second-order valence-corrected chi connectivity index (χ2v) is 8.80. The molecule has 8 heteroatoms. The number of aromatic nitrogens is 2. The molecule has 1 aliphatic heterocycles. The van der Waals surface area contributed by atoms with Crippen LogP contribution in [0.3, 0.4) is 0 Å². The number of hydrogen-bond donors (Lipinski definition) is 2. The third-order valence-electron chi connectivity index (χ3n) is 5.34. The molecule has 1 aromatic carbocycles. The van der Waals surface area contributed by atoms with E-state index in [-0.39, 0.29) is 5.91 Å². The lowest BCUT2D eigenvalue weighted by Gasteiger charge is -2.32. The topological polar surface area (TPSA) is 73.4 Å². The van der Waals surface area contributed by atoms with Gasteiger partial charge in [0.15, 0.2) is 0 Å². The number of likely N-dealkylation sites (N-methyl/N-ethyl adjacent to an activating group) is 1. The van der Waals surface area contributed by atoms with Gasteiger partial charge in [0, 0.05) is 43.2 Å². The van der Waals surface area contributed by atoms with Crippen molar-refractivity contribution in [2.75, 3.05) is 38.5 Å². The Labute approximate surface area is 181 Å². The number of anilines is 1. The van der Waals surface area contributed by atoms with Crippen molar-refractivity contribution in [3.63, 3.8) is 0 Å². The lowest BCUT2D eigenvalue weighted by molar-refractivity contribution is 0.0662. The molecule has 0 radical (unpaired) electrons. The van der Waals surface area contributed by atoms with Crippen molar-refractivity contribution in [1.29, 1.82) is 0 Å². The number of nitrogens with zero attached hydrogens (tertiary/aromatic N) is 4. The normalized spacial score (nSPS) is 15.4. The molecule has 4 rings (SSSR count). The van der Waals surface area contributed by atoms with Gasteiger partial charge in [0.2, 0.25) is 0 Å². The van der Waals surface area contributed by atoms with Crippen molar-refractivity contribution in [3.8, 4) is 0 Å². The van der Waals surface area contributed by atoms with Crippen LogP contribution in [0.4, 0.5) is 5.82 Å². The highest BCUT2D eigenvalue weighted by atomic mass is 32.1. The molecule has 0 unspecified atom stereocenters. The Kier molecular flexibility index (Phi) is 6.26. The Morgan fingerprint density at radius 3 is 2.57 bits per heavy atom. The molecule has 0 spiro atoms. The first-order valence-electron chi connectivity index (χ1n) is 10.4. The van der Waals surface area contributed by atoms with Crippen LogP contribution in [0.5, 0.6) is 0 Å². The fourth-order valence-corrected chi connectivity index (χ4v) is 4.49. The van der Waals surface area contributed by atoms with E-state index in [0.717, 1.165) is 60.0 Å². The second-order valence-electron chi connectivity index (χ2n) is 7.69. The molecule has 0 bridgehead atoms. The standard InChI is InChI=1S/C22H28N6OS/c1-4-18-13-19-20(24-15(2)25-22(19)30-18)23-14-16-5-7-17(8-6-16)21(29)26-28-11-9-27(3)10-12-28/h5-8,13H,4,9-12,14H2,1-3H3,(H,26,29)(H,23,24,25). The molecule has 158 valence electrons. The molecule has 30 heavy (non-hydrogen) atoms. The molecular weight excluding hydrogens is 396 g/mol. The summed E-state index contributed by atoms with van der Waals surface area (Å²) < 4.78 is 0. The number of piperazine rings is 1. The van der Waals surface area contributed by atoms with Gasteiger partial charge in [0.1, 0.15) is 16.5 Å². The average Bonchev–Trinajstić information content (AvgIpc) is 3.17. The summed E-state index contributed by atoms with van der Waals surface area (Å²) >= 11 is 1.72. The molecule has 2 N–H and O–H groups in total. The zero-order chi connectivity index (χ0) is 21.1. The number of rotatable bonds is 6. The molecule has 1 fully saturated rings. The molecule has 3 aromatic rings. The number of aryl methyl sites for hydroxylation is 2. The number of amides is 1. The number of thiophene rings is 1. The first-order chi connectivity index (χ1) is 14.5. The van der Waals surface area contributed by atoms with Gasteiger partial charge in [-0.15, -0.1) is 11.3 Å². The summed E-state index contributed by atoms with van der Waals surface area (Å²) in [6.45, 7) is 8.33. The smallest absolute Gasteiger partial charge is 0.265 e. The molecule has 3 heterocycles. The van der Waals surface area contributed by atoms with Gasteiger partial charge < -0.3 is 10.2 Å². The second kappa shape index (κ2) is 9.07. The summed E-state index contributed by atoms with van der Waals surface area (Å²) in [5.41, 5.74) is 4.77. The highest BCUT2D eigenvalue weighted by Gasteiger charge is 2.16.